The van der Waals surface area contributed by atoms with Crippen molar-refractivity contribution in [2.75, 3.05) is 6.79 Å². The maximum Gasteiger partial charge on any atom is 0.230 e. The lowest BCUT2D eigenvalue weighted by atomic mass is 10.1. The van der Waals surface area contributed by atoms with E-state index < -0.39 is 0 Å². The van der Waals surface area contributed by atoms with Gasteiger partial charge in [0.05, 0.1) is 5.92 Å². The van der Waals surface area contributed by atoms with Crippen molar-refractivity contribution in [2.24, 2.45) is 10.9 Å². The largest absolute Gasteiger partial charge is 0.457 e. The van der Waals surface area contributed by atoms with Crippen LogP contribution in [0.3, 0.4) is 0 Å². The molecule has 0 N–H and O–H groups in total. The first-order valence-electron chi connectivity index (χ1n) is 3.67. The molecular weight excluding hydrogens is 142 g/mol. The number of allylic oxidation sites excluding steroid dienone is 2. The molecule has 0 aromatic rings. The van der Waals surface area contributed by atoms with E-state index in [0.717, 1.165) is 17.9 Å². The molecule has 0 spiro atoms. The zero-order valence-electron chi connectivity index (χ0n) is 5.91. The molecule has 0 amide bonds. The van der Waals surface area contributed by atoms with Crippen LogP contribution >= 0.6 is 0 Å². The van der Waals surface area contributed by atoms with Crippen molar-refractivity contribution in [3.05, 3.63) is 23.3 Å². The summed E-state index contributed by atoms with van der Waals surface area (Å²) in [6.07, 6.45) is 4.78. The van der Waals surface area contributed by atoms with Gasteiger partial charge in [0.15, 0.2) is 11.5 Å². The molecule has 3 rings (SSSR count). The quantitative estimate of drug-likeness (QED) is 0.518. The Balaban J connectivity index is 2.16. The summed E-state index contributed by atoms with van der Waals surface area (Å²) in [6, 6.07) is 0. The third-order valence-electron chi connectivity index (χ3n) is 2.21. The standard InChI is InChI=1S/C8H7NO2/c1-5-2-9-3-6(1)8-7(5)10-4-11-8/h2-3,5H,1,4H2/t5-/m0/s1. The Morgan fingerprint density at radius 3 is 3.45 bits per heavy atom. The number of ether oxygens (including phenoxy) is 2. The summed E-state index contributed by atoms with van der Waals surface area (Å²) in [7, 11) is 0. The number of rotatable bonds is 0. The molecule has 0 radical (unpaired) electrons. The molecule has 56 valence electrons. The van der Waals surface area contributed by atoms with Gasteiger partial charge in [0.1, 0.15) is 0 Å². The lowest BCUT2D eigenvalue weighted by Gasteiger charge is -2.09. The second-order valence-electron chi connectivity index (χ2n) is 2.86. The molecule has 2 heterocycles. The van der Waals surface area contributed by atoms with Crippen molar-refractivity contribution in [3.63, 3.8) is 0 Å². The third kappa shape index (κ3) is 0.557. The van der Waals surface area contributed by atoms with Gasteiger partial charge in [-0.1, -0.05) is 0 Å². The summed E-state index contributed by atoms with van der Waals surface area (Å²) in [5.74, 6) is 2.28. The van der Waals surface area contributed by atoms with Crippen molar-refractivity contribution in [3.8, 4) is 0 Å². The van der Waals surface area contributed by atoms with Crippen LogP contribution in [0, 0.1) is 5.92 Å². The molecule has 2 aliphatic heterocycles. The molecule has 11 heavy (non-hydrogen) atoms. The van der Waals surface area contributed by atoms with E-state index in [1.165, 1.54) is 5.57 Å². The number of hydrogen-bond acceptors (Lipinski definition) is 3. The molecule has 0 fully saturated rings. The molecule has 0 saturated heterocycles. The highest BCUT2D eigenvalue weighted by Gasteiger charge is 2.36. The van der Waals surface area contributed by atoms with Gasteiger partial charge in [-0.3, -0.25) is 4.99 Å². The molecule has 0 unspecified atom stereocenters. The van der Waals surface area contributed by atoms with E-state index in [9.17, 15) is 0 Å². The predicted molar refractivity (Wildman–Crippen MR) is 38.7 cm³/mol. The second-order valence-corrected chi connectivity index (χ2v) is 2.86. The van der Waals surface area contributed by atoms with Gasteiger partial charge in [-0.2, -0.15) is 0 Å². The number of fused-ring (bicyclic) bond motifs is 4. The fourth-order valence-electron chi connectivity index (χ4n) is 1.71. The van der Waals surface area contributed by atoms with Gasteiger partial charge in [0, 0.05) is 18.0 Å². The van der Waals surface area contributed by atoms with Gasteiger partial charge >= 0.3 is 0 Å². The minimum absolute atomic E-state index is 0.354. The molecule has 0 aromatic heterocycles. The SMILES string of the molecule is C1=NC=C2C[C@@H]1C1=C2OCO1. The van der Waals surface area contributed by atoms with E-state index in [4.69, 9.17) is 9.47 Å². The number of aliphatic imine (C=N–C) groups is 1. The summed E-state index contributed by atoms with van der Waals surface area (Å²) < 4.78 is 10.6. The molecule has 1 atom stereocenters. The van der Waals surface area contributed by atoms with Crippen molar-refractivity contribution in [2.45, 2.75) is 6.42 Å². The van der Waals surface area contributed by atoms with Gasteiger partial charge in [-0.25, -0.2) is 0 Å². The predicted octanol–water partition coefficient (Wildman–Crippen LogP) is 1.19. The minimum atomic E-state index is 0.354. The van der Waals surface area contributed by atoms with Gasteiger partial charge in [0.25, 0.3) is 0 Å². The summed E-state index contributed by atoms with van der Waals surface area (Å²) >= 11 is 0. The normalized spacial score (nSPS) is 31.3. The summed E-state index contributed by atoms with van der Waals surface area (Å²) in [6.45, 7) is 0.381. The van der Waals surface area contributed by atoms with Crippen molar-refractivity contribution >= 4 is 6.21 Å². The Labute approximate surface area is 64.0 Å². The zero-order valence-corrected chi connectivity index (χ0v) is 5.91. The molecule has 3 aliphatic rings. The van der Waals surface area contributed by atoms with Crippen LogP contribution in [-0.2, 0) is 9.47 Å². The average Bonchev–Trinajstić information content (AvgIpc) is 2.58. The van der Waals surface area contributed by atoms with E-state index in [-0.39, 0.29) is 0 Å². The van der Waals surface area contributed by atoms with E-state index in [1.54, 1.807) is 0 Å². The summed E-state index contributed by atoms with van der Waals surface area (Å²) in [5.41, 5.74) is 1.19. The molecule has 0 saturated carbocycles. The molecule has 0 aromatic carbocycles. The van der Waals surface area contributed by atoms with Crippen LogP contribution < -0.4 is 0 Å². The minimum Gasteiger partial charge on any atom is -0.457 e. The van der Waals surface area contributed by atoms with Crippen LogP contribution in [0.4, 0.5) is 0 Å². The average molecular weight is 149 g/mol. The molecule has 3 nitrogen and oxygen atoms in total. The second kappa shape index (κ2) is 1.67. The van der Waals surface area contributed by atoms with Gasteiger partial charge in [-0.05, 0) is 6.42 Å². The van der Waals surface area contributed by atoms with E-state index in [0.29, 0.717) is 12.7 Å². The molecule has 3 heteroatoms. The Hall–Kier alpha value is -1.25. The van der Waals surface area contributed by atoms with Crippen LogP contribution in [0.15, 0.2) is 28.3 Å². The molecular formula is C8H7NO2. The van der Waals surface area contributed by atoms with E-state index in [2.05, 4.69) is 4.99 Å². The molecule has 2 bridgehead atoms. The Kier molecular flexibility index (Phi) is 0.820. The maximum atomic E-state index is 5.32. The number of nitrogens with zero attached hydrogens (tertiary/aromatic N) is 1. The fourth-order valence-corrected chi connectivity index (χ4v) is 1.71. The third-order valence-corrected chi connectivity index (χ3v) is 2.21. The maximum absolute atomic E-state index is 5.32. The van der Waals surface area contributed by atoms with Crippen molar-refractivity contribution in [1.29, 1.82) is 0 Å². The highest BCUT2D eigenvalue weighted by atomic mass is 16.7. The first-order valence-corrected chi connectivity index (χ1v) is 3.67. The first kappa shape index (κ1) is 5.41. The van der Waals surface area contributed by atoms with Crippen LogP contribution in [-0.4, -0.2) is 13.0 Å². The Morgan fingerprint density at radius 2 is 2.45 bits per heavy atom. The van der Waals surface area contributed by atoms with Crippen LogP contribution in [0.1, 0.15) is 6.42 Å². The highest BCUT2D eigenvalue weighted by Crippen LogP contribution is 2.41. The monoisotopic (exact) mass is 149 g/mol. The van der Waals surface area contributed by atoms with Crippen molar-refractivity contribution < 1.29 is 9.47 Å². The van der Waals surface area contributed by atoms with Crippen molar-refractivity contribution in [1.82, 2.24) is 0 Å². The highest BCUT2D eigenvalue weighted by molar-refractivity contribution is 5.71. The van der Waals surface area contributed by atoms with Crippen LogP contribution in [0.5, 0.6) is 0 Å². The Morgan fingerprint density at radius 1 is 1.45 bits per heavy atom. The number of hydrogen-bond donors (Lipinski definition) is 0. The molecule has 1 aliphatic carbocycles. The first-order chi connectivity index (χ1) is 5.45. The van der Waals surface area contributed by atoms with E-state index in [1.807, 2.05) is 12.4 Å². The van der Waals surface area contributed by atoms with Gasteiger partial charge in [-0.15, -0.1) is 0 Å². The lowest BCUT2D eigenvalue weighted by Crippen LogP contribution is -2.05. The van der Waals surface area contributed by atoms with Gasteiger partial charge < -0.3 is 9.47 Å². The fraction of sp³-hybridized carbons (Fsp3) is 0.375. The smallest absolute Gasteiger partial charge is 0.230 e. The van der Waals surface area contributed by atoms with Crippen LogP contribution in [0.2, 0.25) is 0 Å². The lowest BCUT2D eigenvalue weighted by molar-refractivity contribution is 0.0633. The topological polar surface area (TPSA) is 30.8 Å². The summed E-state index contributed by atoms with van der Waals surface area (Å²) in [4.78, 5) is 4.10. The van der Waals surface area contributed by atoms with E-state index >= 15 is 0 Å². The van der Waals surface area contributed by atoms with Crippen LogP contribution in [0.25, 0.3) is 0 Å². The Bertz CT molecular complexity index is 301. The zero-order chi connectivity index (χ0) is 7.26. The van der Waals surface area contributed by atoms with Gasteiger partial charge in [0.2, 0.25) is 6.79 Å². The summed E-state index contributed by atoms with van der Waals surface area (Å²) in [5, 5.41) is 0.